The summed E-state index contributed by atoms with van der Waals surface area (Å²) >= 11 is 3.49. The van der Waals surface area contributed by atoms with E-state index in [0.29, 0.717) is 5.56 Å². The molecule has 1 N–H and O–H groups in total. The minimum Gasteiger partial charge on any atom is -0.488 e. The van der Waals surface area contributed by atoms with Crippen LogP contribution in [0.1, 0.15) is 37.3 Å². The Morgan fingerprint density at radius 2 is 1.88 bits per heavy atom. The molecule has 0 fully saturated rings. The van der Waals surface area contributed by atoms with Crippen LogP contribution in [0.4, 0.5) is 4.39 Å². The number of halogens is 3. The van der Waals surface area contributed by atoms with Crippen LogP contribution in [0.5, 0.6) is 5.75 Å². The molecule has 2 nitrogen and oxygen atoms in total. The number of nitrogens with one attached hydrogen (secondary N) is 1. The van der Waals surface area contributed by atoms with Crippen molar-refractivity contribution in [2.45, 2.75) is 39.3 Å². The van der Waals surface area contributed by atoms with Crippen LogP contribution in [-0.2, 0) is 13.2 Å². The third-order valence-electron chi connectivity index (χ3n) is 3.64. The highest BCUT2D eigenvalue weighted by Gasteiger charge is 2.07. The average molecular weight is 417 g/mol. The molecule has 2 aromatic carbocycles. The zero-order valence-electron chi connectivity index (χ0n) is 13.9. The van der Waals surface area contributed by atoms with Crippen LogP contribution in [0.2, 0.25) is 0 Å². The van der Waals surface area contributed by atoms with Crippen LogP contribution in [0.25, 0.3) is 0 Å². The summed E-state index contributed by atoms with van der Waals surface area (Å²) in [5.74, 6) is 0.559. The second-order valence-corrected chi connectivity index (χ2v) is 6.43. The highest BCUT2D eigenvalue weighted by Crippen LogP contribution is 2.24. The van der Waals surface area contributed by atoms with Gasteiger partial charge in [-0.2, -0.15) is 0 Å². The van der Waals surface area contributed by atoms with Gasteiger partial charge in [0.1, 0.15) is 18.2 Å². The number of hydrogen-bond acceptors (Lipinski definition) is 2. The van der Waals surface area contributed by atoms with Crippen molar-refractivity contribution in [3.63, 3.8) is 0 Å². The van der Waals surface area contributed by atoms with Crippen molar-refractivity contribution in [3.05, 3.63) is 63.9 Å². The lowest BCUT2D eigenvalue weighted by molar-refractivity contribution is 0.296. The monoisotopic (exact) mass is 415 g/mol. The number of benzene rings is 2. The van der Waals surface area contributed by atoms with Gasteiger partial charge < -0.3 is 10.1 Å². The molecule has 132 valence electrons. The largest absolute Gasteiger partial charge is 0.488 e. The van der Waals surface area contributed by atoms with Gasteiger partial charge in [0.05, 0.1) is 0 Å². The number of unbranched alkanes of at least 4 members (excludes halogenated alkanes) is 2. The molecular formula is C19H24BrClFNO. The molecule has 2 rings (SSSR count). The van der Waals surface area contributed by atoms with E-state index in [1.807, 2.05) is 24.3 Å². The van der Waals surface area contributed by atoms with Gasteiger partial charge in [0.25, 0.3) is 0 Å². The van der Waals surface area contributed by atoms with Crippen LogP contribution in [0.15, 0.2) is 46.9 Å². The fourth-order valence-electron chi connectivity index (χ4n) is 2.32. The number of hydrogen-bond donors (Lipinski definition) is 1. The van der Waals surface area contributed by atoms with Crippen molar-refractivity contribution in [1.82, 2.24) is 5.32 Å². The predicted octanol–water partition coefficient (Wildman–Crippen LogP) is 5.87. The zero-order valence-corrected chi connectivity index (χ0v) is 16.3. The van der Waals surface area contributed by atoms with Crippen LogP contribution >= 0.6 is 28.3 Å². The molecule has 0 aliphatic rings. The van der Waals surface area contributed by atoms with Gasteiger partial charge in [-0.1, -0.05) is 53.9 Å². The van der Waals surface area contributed by atoms with E-state index in [2.05, 4.69) is 28.2 Å². The zero-order chi connectivity index (χ0) is 16.5. The second kappa shape index (κ2) is 11.5. The Kier molecular flexibility index (Phi) is 9.99. The van der Waals surface area contributed by atoms with E-state index in [0.717, 1.165) is 28.9 Å². The first kappa shape index (κ1) is 20.9. The first-order valence-electron chi connectivity index (χ1n) is 8.06. The van der Waals surface area contributed by atoms with Gasteiger partial charge in [-0.3, -0.25) is 0 Å². The van der Waals surface area contributed by atoms with Crippen molar-refractivity contribution in [2.24, 2.45) is 0 Å². The Morgan fingerprint density at radius 3 is 2.62 bits per heavy atom. The van der Waals surface area contributed by atoms with E-state index in [1.54, 1.807) is 12.1 Å². The first-order chi connectivity index (χ1) is 11.2. The van der Waals surface area contributed by atoms with E-state index >= 15 is 0 Å². The Bertz CT molecular complexity index is 624. The lowest BCUT2D eigenvalue weighted by Gasteiger charge is -2.13. The average Bonchev–Trinajstić information content (AvgIpc) is 2.55. The minimum atomic E-state index is -0.233. The van der Waals surface area contributed by atoms with Crippen molar-refractivity contribution in [2.75, 3.05) is 6.54 Å². The highest BCUT2D eigenvalue weighted by atomic mass is 79.9. The summed E-state index contributed by atoms with van der Waals surface area (Å²) < 4.78 is 20.5. The quantitative estimate of drug-likeness (QED) is 0.516. The van der Waals surface area contributed by atoms with Crippen LogP contribution in [0.3, 0.4) is 0 Å². The molecule has 0 radical (unpaired) electrons. The fraction of sp³-hybridized carbons (Fsp3) is 0.368. The summed E-state index contributed by atoms with van der Waals surface area (Å²) in [4.78, 5) is 0. The second-order valence-electron chi connectivity index (χ2n) is 5.52. The molecule has 2 aromatic rings. The van der Waals surface area contributed by atoms with Gasteiger partial charge in [0, 0.05) is 22.1 Å². The lowest BCUT2D eigenvalue weighted by atomic mass is 10.2. The molecule has 0 aliphatic carbocycles. The summed E-state index contributed by atoms with van der Waals surface area (Å²) in [6, 6.07) is 12.6. The Labute approximate surface area is 158 Å². The predicted molar refractivity (Wildman–Crippen MR) is 103 cm³/mol. The summed E-state index contributed by atoms with van der Waals surface area (Å²) in [6.45, 7) is 4.17. The summed E-state index contributed by atoms with van der Waals surface area (Å²) in [5.41, 5.74) is 1.64. The van der Waals surface area contributed by atoms with Gasteiger partial charge in [0.2, 0.25) is 0 Å². The molecule has 0 saturated heterocycles. The highest BCUT2D eigenvalue weighted by molar-refractivity contribution is 9.10. The Hall–Kier alpha value is -1.10. The molecule has 0 heterocycles. The van der Waals surface area contributed by atoms with E-state index in [4.69, 9.17) is 4.74 Å². The van der Waals surface area contributed by atoms with Crippen molar-refractivity contribution in [3.8, 4) is 5.75 Å². The molecule has 0 amide bonds. The van der Waals surface area contributed by atoms with E-state index in [1.165, 1.54) is 25.3 Å². The number of ether oxygens (including phenoxy) is 1. The topological polar surface area (TPSA) is 21.3 Å². The molecule has 0 unspecified atom stereocenters. The smallest absolute Gasteiger partial charge is 0.129 e. The summed E-state index contributed by atoms with van der Waals surface area (Å²) in [5, 5.41) is 3.44. The molecular weight excluding hydrogens is 393 g/mol. The molecule has 0 bridgehead atoms. The van der Waals surface area contributed by atoms with Crippen molar-refractivity contribution in [1.29, 1.82) is 0 Å². The van der Waals surface area contributed by atoms with Crippen LogP contribution in [-0.4, -0.2) is 6.54 Å². The minimum absolute atomic E-state index is 0. The molecule has 5 heteroatoms. The molecule has 0 saturated carbocycles. The molecule has 0 aliphatic heterocycles. The van der Waals surface area contributed by atoms with Crippen LogP contribution in [0, 0.1) is 5.82 Å². The lowest BCUT2D eigenvalue weighted by Crippen LogP contribution is -2.15. The third kappa shape index (κ3) is 6.80. The SMILES string of the molecule is CCCCCNCc1cc(Br)ccc1OCc1ccccc1F.Cl. The van der Waals surface area contributed by atoms with Gasteiger partial charge in [0.15, 0.2) is 0 Å². The normalized spacial score (nSPS) is 10.3. The molecule has 0 spiro atoms. The molecule has 0 aromatic heterocycles. The molecule has 24 heavy (non-hydrogen) atoms. The molecule has 0 atom stereocenters. The Balaban J connectivity index is 0.00000288. The standard InChI is InChI=1S/C19H23BrFNO.ClH/c1-2-3-6-11-22-13-16-12-17(20)9-10-19(16)23-14-15-7-4-5-8-18(15)21;/h4-5,7-10,12,22H,2-3,6,11,13-14H2,1H3;1H. The van der Waals surface area contributed by atoms with Gasteiger partial charge in [-0.05, 0) is 37.2 Å². The van der Waals surface area contributed by atoms with Gasteiger partial charge in [-0.25, -0.2) is 4.39 Å². The van der Waals surface area contributed by atoms with Gasteiger partial charge >= 0.3 is 0 Å². The van der Waals surface area contributed by atoms with E-state index in [-0.39, 0.29) is 24.8 Å². The maximum absolute atomic E-state index is 13.7. The summed E-state index contributed by atoms with van der Waals surface area (Å²) in [7, 11) is 0. The maximum atomic E-state index is 13.7. The fourth-order valence-corrected chi connectivity index (χ4v) is 2.73. The number of rotatable bonds is 9. The Morgan fingerprint density at radius 1 is 1.08 bits per heavy atom. The van der Waals surface area contributed by atoms with Crippen LogP contribution < -0.4 is 10.1 Å². The summed E-state index contributed by atoms with van der Waals surface area (Å²) in [6.07, 6.45) is 3.63. The van der Waals surface area contributed by atoms with Crippen molar-refractivity contribution >= 4 is 28.3 Å². The third-order valence-corrected chi connectivity index (χ3v) is 4.13. The van der Waals surface area contributed by atoms with E-state index in [9.17, 15) is 4.39 Å². The van der Waals surface area contributed by atoms with E-state index < -0.39 is 0 Å². The maximum Gasteiger partial charge on any atom is 0.129 e. The first-order valence-corrected chi connectivity index (χ1v) is 8.85. The van der Waals surface area contributed by atoms with Gasteiger partial charge in [-0.15, -0.1) is 12.4 Å². The van der Waals surface area contributed by atoms with Crippen molar-refractivity contribution < 1.29 is 9.13 Å².